The number of carbonyl (C=O) groups is 2. The molecule has 4 nitrogen and oxygen atoms in total. The van der Waals surface area contributed by atoms with Gasteiger partial charge in [0.25, 0.3) is 5.91 Å². The summed E-state index contributed by atoms with van der Waals surface area (Å²) in [6.45, 7) is 0.429. The normalized spacial score (nSPS) is 25.4. The maximum atomic E-state index is 12.3. The van der Waals surface area contributed by atoms with Crippen LogP contribution in [0, 0.1) is 0 Å². The molecule has 0 saturated carbocycles. The summed E-state index contributed by atoms with van der Waals surface area (Å²) in [5, 5.41) is 0.773. The summed E-state index contributed by atoms with van der Waals surface area (Å²) < 4.78 is 5.04. The lowest BCUT2D eigenvalue weighted by Gasteiger charge is -2.26. The Morgan fingerprint density at radius 3 is 2.83 bits per heavy atom. The van der Waals surface area contributed by atoms with Crippen LogP contribution in [-0.2, 0) is 9.53 Å². The molecule has 2 heterocycles. The maximum absolute atomic E-state index is 12.3. The highest BCUT2D eigenvalue weighted by Gasteiger charge is 2.48. The van der Waals surface area contributed by atoms with E-state index in [-0.39, 0.29) is 18.0 Å². The van der Waals surface area contributed by atoms with Crippen LogP contribution in [0.15, 0.2) is 18.2 Å². The second-order valence-corrected chi connectivity index (χ2v) is 5.24. The van der Waals surface area contributed by atoms with Gasteiger partial charge in [-0.2, -0.15) is 0 Å². The summed E-state index contributed by atoms with van der Waals surface area (Å²) in [6, 6.07) is 4.23. The van der Waals surface area contributed by atoms with Crippen molar-refractivity contribution in [2.45, 2.75) is 18.6 Å². The fraction of sp³-hybridized carbons (Fsp3) is 0.333. The smallest absolute Gasteiger partial charge is 0.329 e. The minimum Gasteiger partial charge on any atom is -0.459 e. The van der Waals surface area contributed by atoms with Gasteiger partial charge in [0.15, 0.2) is 0 Å². The molecule has 2 saturated heterocycles. The van der Waals surface area contributed by atoms with Gasteiger partial charge in [0.2, 0.25) is 0 Å². The number of morpholine rings is 1. The Labute approximate surface area is 113 Å². The van der Waals surface area contributed by atoms with Crippen LogP contribution in [0.2, 0.25) is 10.0 Å². The molecule has 0 spiro atoms. The van der Waals surface area contributed by atoms with Gasteiger partial charge in [-0.15, -0.1) is 0 Å². The van der Waals surface area contributed by atoms with E-state index in [4.69, 9.17) is 27.9 Å². The topological polar surface area (TPSA) is 46.6 Å². The van der Waals surface area contributed by atoms with Gasteiger partial charge < -0.3 is 9.64 Å². The van der Waals surface area contributed by atoms with Crippen LogP contribution in [0.5, 0.6) is 0 Å². The molecule has 3 rings (SSSR count). The van der Waals surface area contributed by atoms with Gasteiger partial charge in [-0.25, -0.2) is 4.79 Å². The van der Waals surface area contributed by atoms with Crippen molar-refractivity contribution in [3.05, 3.63) is 33.8 Å². The molecule has 2 aliphatic heterocycles. The highest BCUT2D eigenvalue weighted by atomic mass is 35.5. The Morgan fingerprint density at radius 1 is 1.39 bits per heavy atom. The predicted molar refractivity (Wildman–Crippen MR) is 65.8 cm³/mol. The second kappa shape index (κ2) is 4.14. The Hall–Kier alpha value is -1.26. The summed E-state index contributed by atoms with van der Waals surface area (Å²) in [4.78, 5) is 25.3. The Bertz CT molecular complexity index is 546. The van der Waals surface area contributed by atoms with E-state index in [0.29, 0.717) is 28.6 Å². The van der Waals surface area contributed by atoms with Gasteiger partial charge in [-0.05, 0) is 18.2 Å². The third-order valence-electron chi connectivity index (χ3n) is 3.24. The molecule has 2 atom stereocenters. The van der Waals surface area contributed by atoms with E-state index in [1.807, 2.05) is 0 Å². The molecule has 18 heavy (non-hydrogen) atoms. The third kappa shape index (κ3) is 1.76. The minimum absolute atomic E-state index is 0.176. The molecule has 2 fully saturated rings. The fourth-order valence-electron chi connectivity index (χ4n) is 2.39. The highest BCUT2D eigenvalue weighted by Crippen LogP contribution is 2.32. The van der Waals surface area contributed by atoms with Crippen LogP contribution in [0.3, 0.4) is 0 Å². The van der Waals surface area contributed by atoms with E-state index in [1.165, 1.54) is 11.0 Å². The second-order valence-electron chi connectivity index (χ2n) is 4.39. The third-order valence-corrected chi connectivity index (χ3v) is 3.80. The fourth-order valence-corrected chi connectivity index (χ4v) is 2.76. The van der Waals surface area contributed by atoms with Crippen molar-refractivity contribution in [1.29, 1.82) is 0 Å². The lowest BCUT2D eigenvalue weighted by atomic mass is 10.1. The molecule has 0 radical (unpaired) electrons. The van der Waals surface area contributed by atoms with Crippen molar-refractivity contribution < 1.29 is 14.3 Å². The van der Waals surface area contributed by atoms with E-state index in [0.717, 1.165) is 0 Å². The van der Waals surface area contributed by atoms with Gasteiger partial charge in [-0.1, -0.05) is 23.2 Å². The zero-order valence-electron chi connectivity index (χ0n) is 9.23. The van der Waals surface area contributed by atoms with Gasteiger partial charge in [0, 0.05) is 11.4 Å². The van der Waals surface area contributed by atoms with Crippen molar-refractivity contribution >= 4 is 35.1 Å². The summed E-state index contributed by atoms with van der Waals surface area (Å²) in [7, 11) is 0. The lowest BCUT2D eigenvalue weighted by molar-refractivity contribution is -0.149. The number of hydrogen-bond donors (Lipinski definition) is 0. The number of benzene rings is 1. The first-order valence-electron chi connectivity index (χ1n) is 5.53. The van der Waals surface area contributed by atoms with Gasteiger partial charge >= 0.3 is 5.97 Å². The van der Waals surface area contributed by atoms with E-state index in [9.17, 15) is 9.59 Å². The van der Waals surface area contributed by atoms with Gasteiger partial charge in [0.1, 0.15) is 12.1 Å². The number of likely N-dealkylation sites (tertiary alicyclic amines) is 1. The van der Waals surface area contributed by atoms with Crippen LogP contribution in [0.4, 0.5) is 0 Å². The number of carbonyl (C=O) groups excluding carboxylic acids is 2. The number of esters is 1. The first-order chi connectivity index (χ1) is 8.56. The Kier molecular flexibility index (Phi) is 2.72. The first kappa shape index (κ1) is 11.8. The number of ether oxygens (including phenoxy) is 1. The molecule has 0 aliphatic carbocycles. The number of nitrogens with zero attached hydrogens (tertiary/aromatic N) is 1. The molecule has 2 aliphatic rings. The maximum Gasteiger partial charge on any atom is 0.329 e. The van der Waals surface area contributed by atoms with Crippen LogP contribution >= 0.6 is 23.2 Å². The van der Waals surface area contributed by atoms with E-state index < -0.39 is 6.04 Å². The lowest BCUT2D eigenvalue weighted by Crippen LogP contribution is -2.44. The Balaban J connectivity index is 1.91. The number of hydrogen-bond acceptors (Lipinski definition) is 3. The zero-order chi connectivity index (χ0) is 12.9. The molecular weight excluding hydrogens is 277 g/mol. The standard InChI is InChI=1S/C12H9Cl2NO3/c13-6-1-2-9(14)8(3-6)11(16)15-5-7-4-10(15)12(17)18-7/h1-3,7,10H,4-5H2. The average molecular weight is 286 g/mol. The monoisotopic (exact) mass is 285 g/mol. The van der Waals surface area contributed by atoms with Crippen LogP contribution in [-0.4, -0.2) is 35.5 Å². The summed E-state index contributed by atoms with van der Waals surface area (Å²) in [6.07, 6.45) is 0.396. The molecule has 1 aromatic rings. The summed E-state index contributed by atoms with van der Waals surface area (Å²) >= 11 is 11.8. The van der Waals surface area contributed by atoms with Crippen molar-refractivity contribution in [3.8, 4) is 0 Å². The van der Waals surface area contributed by atoms with Crippen LogP contribution in [0.1, 0.15) is 16.8 Å². The Morgan fingerprint density at radius 2 is 2.17 bits per heavy atom. The predicted octanol–water partition coefficient (Wildman–Crippen LogP) is 2.13. The van der Waals surface area contributed by atoms with Gasteiger partial charge in [-0.3, -0.25) is 4.79 Å². The van der Waals surface area contributed by atoms with Crippen molar-refractivity contribution in [2.75, 3.05) is 6.54 Å². The van der Waals surface area contributed by atoms with E-state index in [1.54, 1.807) is 12.1 Å². The van der Waals surface area contributed by atoms with Crippen LogP contribution in [0.25, 0.3) is 0 Å². The van der Waals surface area contributed by atoms with E-state index >= 15 is 0 Å². The van der Waals surface area contributed by atoms with Crippen molar-refractivity contribution in [2.24, 2.45) is 0 Å². The molecule has 2 unspecified atom stereocenters. The first-order valence-corrected chi connectivity index (χ1v) is 6.28. The number of fused-ring (bicyclic) bond motifs is 2. The quantitative estimate of drug-likeness (QED) is 0.743. The largest absolute Gasteiger partial charge is 0.459 e. The number of amides is 1. The molecular formula is C12H9Cl2NO3. The molecule has 0 aromatic heterocycles. The summed E-state index contributed by atoms with van der Waals surface area (Å²) in [5.41, 5.74) is 0.324. The zero-order valence-corrected chi connectivity index (χ0v) is 10.7. The number of rotatable bonds is 1. The molecule has 0 N–H and O–H groups in total. The van der Waals surface area contributed by atoms with Crippen molar-refractivity contribution in [1.82, 2.24) is 4.90 Å². The van der Waals surface area contributed by atoms with E-state index in [2.05, 4.69) is 0 Å². The van der Waals surface area contributed by atoms with Crippen molar-refractivity contribution in [3.63, 3.8) is 0 Å². The SMILES string of the molecule is O=C1OC2CC1N(C(=O)c1cc(Cl)ccc1Cl)C2. The average Bonchev–Trinajstić information content (AvgIpc) is 2.90. The summed E-state index contributed by atoms with van der Waals surface area (Å²) in [5.74, 6) is -0.607. The molecule has 1 amide bonds. The highest BCUT2D eigenvalue weighted by molar-refractivity contribution is 6.35. The van der Waals surface area contributed by atoms with Gasteiger partial charge in [0.05, 0.1) is 17.1 Å². The minimum atomic E-state index is -0.474. The number of halogens is 2. The molecule has 2 bridgehead atoms. The molecule has 6 heteroatoms. The molecule has 1 aromatic carbocycles. The van der Waals surface area contributed by atoms with Crippen LogP contribution < -0.4 is 0 Å². The molecule has 94 valence electrons.